The van der Waals surface area contributed by atoms with Crippen LogP contribution in [0.3, 0.4) is 0 Å². The summed E-state index contributed by atoms with van der Waals surface area (Å²) < 4.78 is 5.30. The summed E-state index contributed by atoms with van der Waals surface area (Å²) in [6.07, 6.45) is 0. The van der Waals surface area contributed by atoms with Crippen LogP contribution in [0.2, 0.25) is 0 Å². The summed E-state index contributed by atoms with van der Waals surface area (Å²) in [6, 6.07) is 14.3. The summed E-state index contributed by atoms with van der Waals surface area (Å²) in [6.45, 7) is 4.35. The molecule has 2 aliphatic heterocycles. The molecule has 0 radical (unpaired) electrons. The van der Waals surface area contributed by atoms with Crippen molar-refractivity contribution in [1.29, 1.82) is 0 Å². The number of anilines is 1. The quantitative estimate of drug-likeness (QED) is 0.706. The molecule has 33 heavy (non-hydrogen) atoms. The number of amides is 3. The maximum absolute atomic E-state index is 12.9. The van der Waals surface area contributed by atoms with E-state index in [2.05, 4.69) is 17.2 Å². The third kappa shape index (κ3) is 4.53. The number of benzene rings is 2. The Balaban J connectivity index is 1.51. The van der Waals surface area contributed by atoms with Crippen LogP contribution < -0.4 is 10.1 Å². The van der Waals surface area contributed by atoms with E-state index in [1.807, 2.05) is 50.2 Å². The number of fused-ring (bicyclic) bond motifs is 1. The van der Waals surface area contributed by atoms with Crippen LogP contribution in [0.4, 0.5) is 10.5 Å². The highest BCUT2D eigenvalue weighted by molar-refractivity contribution is 5.94. The van der Waals surface area contributed by atoms with E-state index in [1.165, 1.54) is 4.90 Å². The van der Waals surface area contributed by atoms with Gasteiger partial charge in [-0.05, 0) is 29.8 Å². The zero-order valence-corrected chi connectivity index (χ0v) is 19.1. The van der Waals surface area contributed by atoms with Crippen molar-refractivity contribution in [1.82, 2.24) is 9.80 Å². The summed E-state index contributed by atoms with van der Waals surface area (Å²) in [5.74, 6) is 6.95. The lowest BCUT2D eigenvalue weighted by Crippen LogP contribution is -2.73. The van der Waals surface area contributed by atoms with Crippen molar-refractivity contribution >= 4 is 17.6 Å². The summed E-state index contributed by atoms with van der Waals surface area (Å²) in [5.41, 5.74) is 2.52. The van der Waals surface area contributed by atoms with Crippen molar-refractivity contribution in [2.45, 2.75) is 31.8 Å². The van der Waals surface area contributed by atoms with E-state index in [1.54, 1.807) is 24.1 Å². The Morgan fingerprint density at radius 3 is 2.61 bits per heavy atom. The lowest BCUT2D eigenvalue weighted by molar-refractivity contribution is -0.159. The Morgan fingerprint density at radius 2 is 1.94 bits per heavy atom. The topological polar surface area (TPSA) is 82.1 Å². The Bertz CT molecular complexity index is 1090. The molecule has 3 atom stereocenters. The Labute approximate surface area is 194 Å². The van der Waals surface area contributed by atoms with Gasteiger partial charge in [-0.25, -0.2) is 4.79 Å². The number of aliphatic hydroxyl groups is 1. The molecular formula is C26H29N3O4. The van der Waals surface area contributed by atoms with Crippen LogP contribution in [0.25, 0.3) is 0 Å². The van der Waals surface area contributed by atoms with Crippen molar-refractivity contribution in [2.75, 3.05) is 32.1 Å². The van der Waals surface area contributed by atoms with E-state index >= 15 is 0 Å². The van der Waals surface area contributed by atoms with Crippen LogP contribution in [0.1, 0.15) is 30.9 Å². The van der Waals surface area contributed by atoms with E-state index in [4.69, 9.17) is 4.74 Å². The normalized spacial score (nSPS) is 21.6. The van der Waals surface area contributed by atoms with Gasteiger partial charge in [0.15, 0.2) is 0 Å². The van der Waals surface area contributed by atoms with Crippen LogP contribution in [-0.2, 0) is 4.79 Å². The second-order valence-corrected chi connectivity index (χ2v) is 8.70. The van der Waals surface area contributed by atoms with E-state index in [0.717, 1.165) is 11.1 Å². The smallest absolute Gasteiger partial charge is 0.322 e. The number of ether oxygens (including phenoxy) is 1. The number of rotatable bonds is 4. The zero-order valence-electron chi connectivity index (χ0n) is 19.1. The molecule has 0 aromatic heterocycles. The molecule has 0 aliphatic carbocycles. The molecule has 2 N–H and O–H groups in total. The van der Waals surface area contributed by atoms with Crippen molar-refractivity contribution in [2.24, 2.45) is 5.92 Å². The Morgan fingerprint density at radius 1 is 1.21 bits per heavy atom. The van der Waals surface area contributed by atoms with Gasteiger partial charge in [0, 0.05) is 23.9 Å². The molecule has 0 saturated carbocycles. The van der Waals surface area contributed by atoms with Gasteiger partial charge in [0.1, 0.15) is 12.3 Å². The average molecular weight is 448 g/mol. The molecule has 2 fully saturated rings. The first kappa shape index (κ1) is 22.7. The molecule has 7 nitrogen and oxygen atoms in total. The second-order valence-electron chi connectivity index (χ2n) is 8.70. The number of piperazine rings is 1. The lowest BCUT2D eigenvalue weighted by atomic mass is 9.73. The van der Waals surface area contributed by atoms with Gasteiger partial charge in [-0.15, -0.1) is 0 Å². The predicted molar refractivity (Wildman–Crippen MR) is 126 cm³/mol. The number of carbonyl (C=O) groups is 2. The summed E-state index contributed by atoms with van der Waals surface area (Å²) in [7, 11) is 1.54. The molecule has 0 bridgehead atoms. The fourth-order valence-corrected chi connectivity index (χ4v) is 4.61. The van der Waals surface area contributed by atoms with E-state index in [-0.39, 0.29) is 43.1 Å². The van der Waals surface area contributed by atoms with Crippen LogP contribution in [-0.4, -0.2) is 65.7 Å². The minimum Gasteiger partial charge on any atom is -0.495 e. The molecule has 7 heteroatoms. The van der Waals surface area contributed by atoms with Gasteiger partial charge in [-0.1, -0.05) is 50.0 Å². The number of para-hydroxylation sites is 2. The number of methoxy groups -OCH3 is 1. The maximum atomic E-state index is 12.9. The molecule has 2 aromatic carbocycles. The zero-order chi connectivity index (χ0) is 23.5. The second kappa shape index (κ2) is 9.55. The third-order valence-corrected chi connectivity index (χ3v) is 6.19. The highest BCUT2D eigenvalue weighted by atomic mass is 16.5. The van der Waals surface area contributed by atoms with Crippen LogP contribution in [0.5, 0.6) is 5.75 Å². The van der Waals surface area contributed by atoms with Gasteiger partial charge in [0.05, 0.1) is 31.5 Å². The number of urea groups is 1. The Kier molecular flexibility index (Phi) is 6.57. The molecule has 0 spiro atoms. The SMILES string of the molecule is COc1ccccc1NC(=O)N1CC(=O)N2[C@H](CO)[C@@H](c3ccc(C#CC(C)C)cc3)[C@H]2C1. The minimum absolute atomic E-state index is 0.0234. The largest absolute Gasteiger partial charge is 0.495 e. The van der Waals surface area contributed by atoms with Crippen molar-refractivity contribution in [3.8, 4) is 17.6 Å². The first-order valence-electron chi connectivity index (χ1n) is 11.2. The van der Waals surface area contributed by atoms with Crippen molar-refractivity contribution in [3.63, 3.8) is 0 Å². The van der Waals surface area contributed by atoms with Gasteiger partial charge in [0.25, 0.3) is 0 Å². The molecule has 2 saturated heterocycles. The van der Waals surface area contributed by atoms with E-state index in [0.29, 0.717) is 23.9 Å². The number of aliphatic hydroxyl groups excluding tert-OH is 1. The van der Waals surface area contributed by atoms with Gasteiger partial charge >= 0.3 is 6.03 Å². The predicted octanol–water partition coefficient (Wildman–Crippen LogP) is 2.91. The van der Waals surface area contributed by atoms with Gasteiger partial charge < -0.3 is 25.0 Å². The fourth-order valence-electron chi connectivity index (χ4n) is 4.61. The van der Waals surface area contributed by atoms with Gasteiger partial charge in [0.2, 0.25) is 5.91 Å². The van der Waals surface area contributed by atoms with Gasteiger partial charge in [-0.2, -0.15) is 0 Å². The maximum Gasteiger partial charge on any atom is 0.322 e. The van der Waals surface area contributed by atoms with Crippen molar-refractivity contribution in [3.05, 3.63) is 59.7 Å². The van der Waals surface area contributed by atoms with Gasteiger partial charge in [-0.3, -0.25) is 4.79 Å². The summed E-state index contributed by atoms with van der Waals surface area (Å²) in [4.78, 5) is 29.0. The van der Waals surface area contributed by atoms with Crippen LogP contribution in [0.15, 0.2) is 48.5 Å². The first-order valence-corrected chi connectivity index (χ1v) is 11.2. The number of hydrogen-bond acceptors (Lipinski definition) is 4. The highest BCUT2D eigenvalue weighted by Crippen LogP contribution is 2.43. The van der Waals surface area contributed by atoms with Crippen LogP contribution >= 0.6 is 0 Å². The molecule has 4 rings (SSSR count). The molecule has 2 heterocycles. The third-order valence-electron chi connectivity index (χ3n) is 6.19. The number of carbonyl (C=O) groups excluding carboxylic acids is 2. The van der Waals surface area contributed by atoms with Crippen LogP contribution in [0, 0.1) is 17.8 Å². The first-order chi connectivity index (χ1) is 15.9. The summed E-state index contributed by atoms with van der Waals surface area (Å²) >= 11 is 0. The molecule has 0 unspecified atom stereocenters. The summed E-state index contributed by atoms with van der Waals surface area (Å²) in [5, 5.41) is 12.8. The van der Waals surface area contributed by atoms with E-state index in [9.17, 15) is 14.7 Å². The fraction of sp³-hybridized carbons (Fsp3) is 0.385. The molecule has 172 valence electrons. The molecule has 3 amide bonds. The highest BCUT2D eigenvalue weighted by Gasteiger charge is 2.54. The monoisotopic (exact) mass is 447 g/mol. The van der Waals surface area contributed by atoms with Crippen molar-refractivity contribution < 1.29 is 19.4 Å². The molecular weight excluding hydrogens is 418 g/mol. The Hall–Kier alpha value is -3.50. The molecule has 2 aliphatic rings. The average Bonchev–Trinajstić information content (AvgIpc) is 2.80. The number of nitrogens with one attached hydrogen (secondary N) is 1. The number of hydrogen-bond donors (Lipinski definition) is 2. The minimum atomic E-state index is -0.349. The molecule has 2 aromatic rings. The van der Waals surface area contributed by atoms with E-state index < -0.39 is 0 Å². The number of nitrogens with zero attached hydrogens (tertiary/aromatic N) is 2. The lowest BCUT2D eigenvalue weighted by Gasteiger charge is -2.58. The standard InChI is InChI=1S/C26H29N3O4/c1-17(2)8-9-18-10-12-19(13-11-18)25-21-14-28(15-24(31)29(21)22(25)16-30)26(32)27-20-6-4-5-7-23(20)33-3/h4-7,10-13,17,21-22,25,30H,14-16H2,1-3H3,(H,27,32)/t21-,22-,25+/m1/s1.